The number of imidazole rings is 1. The predicted molar refractivity (Wildman–Crippen MR) is 179 cm³/mol. The summed E-state index contributed by atoms with van der Waals surface area (Å²) in [6.45, 7) is 6.74. The summed E-state index contributed by atoms with van der Waals surface area (Å²) in [6, 6.07) is 13.0. The van der Waals surface area contributed by atoms with Crippen LogP contribution in [0, 0.1) is 5.92 Å². The van der Waals surface area contributed by atoms with Crippen molar-refractivity contribution in [2.24, 2.45) is 5.92 Å². The number of anilines is 1. The van der Waals surface area contributed by atoms with Gasteiger partial charge in [-0.25, -0.2) is 28.9 Å². The zero-order valence-electron chi connectivity index (χ0n) is 28.5. The normalized spacial score (nSPS) is 19.7. The first-order chi connectivity index (χ1) is 24.0. The second-order valence-electron chi connectivity index (χ2n) is 13.1. The molecule has 5 rings (SSSR count). The number of nitrogens with one attached hydrogen (secondary N) is 2. The highest BCUT2D eigenvalue weighted by atomic mass is 16.6. The number of carbonyl (C=O) groups is 4. The minimum Gasteiger partial charge on any atom is -0.446 e. The fraction of sp³-hybridized carbons (Fsp3) is 0.486. The van der Waals surface area contributed by atoms with Gasteiger partial charge < -0.3 is 33.9 Å². The molecule has 2 fully saturated rings. The summed E-state index contributed by atoms with van der Waals surface area (Å²) in [6.07, 6.45) is 3.54. The summed E-state index contributed by atoms with van der Waals surface area (Å²) >= 11 is 0. The van der Waals surface area contributed by atoms with Crippen molar-refractivity contribution in [2.45, 2.75) is 77.1 Å². The molecule has 2 aromatic heterocycles. The summed E-state index contributed by atoms with van der Waals surface area (Å²) in [5.74, 6) is -0.0337. The number of rotatable bonds is 10. The Hall–Kier alpha value is -5.02. The lowest BCUT2D eigenvalue weighted by atomic mass is 9.96. The molecule has 15 nitrogen and oxygen atoms in total. The molecule has 0 unspecified atom stereocenters. The Balaban J connectivity index is 1.09. The smallest absolute Gasteiger partial charge is 0.419 e. The van der Waals surface area contributed by atoms with Gasteiger partial charge in [0.25, 0.3) is 0 Å². The highest BCUT2D eigenvalue weighted by molar-refractivity contribution is 5.83. The molecule has 15 heteroatoms. The minimum atomic E-state index is -0.691. The Morgan fingerprint density at radius 2 is 1.76 bits per heavy atom. The van der Waals surface area contributed by atoms with E-state index >= 15 is 0 Å². The fourth-order valence-electron chi connectivity index (χ4n) is 5.55. The van der Waals surface area contributed by atoms with Crippen molar-refractivity contribution in [1.29, 1.82) is 0 Å². The second-order valence-corrected chi connectivity index (χ2v) is 13.1. The van der Waals surface area contributed by atoms with Crippen LogP contribution in [0.2, 0.25) is 0 Å². The van der Waals surface area contributed by atoms with Crippen LogP contribution in [0.4, 0.5) is 20.2 Å². The molecule has 3 atom stereocenters. The lowest BCUT2D eigenvalue weighted by molar-refractivity contribution is -0.177. The van der Waals surface area contributed by atoms with Crippen molar-refractivity contribution in [3.63, 3.8) is 0 Å². The molecular weight excluding hydrogens is 648 g/mol. The van der Waals surface area contributed by atoms with Gasteiger partial charge in [0.2, 0.25) is 5.91 Å². The lowest BCUT2D eigenvalue weighted by Crippen LogP contribution is -2.52. The van der Waals surface area contributed by atoms with E-state index in [1.54, 1.807) is 44.0 Å². The quantitative estimate of drug-likeness (QED) is 0.286. The van der Waals surface area contributed by atoms with Crippen LogP contribution in [0.1, 0.15) is 51.2 Å². The third kappa shape index (κ3) is 10.7. The van der Waals surface area contributed by atoms with Gasteiger partial charge in [-0.3, -0.25) is 10.1 Å². The summed E-state index contributed by atoms with van der Waals surface area (Å²) in [4.78, 5) is 60.4. The number of hydrogen-bond acceptors (Lipinski definition) is 11. The summed E-state index contributed by atoms with van der Waals surface area (Å²) in [5.41, 5.74) is 1.08. The van der Waals surface area contributed by atoms with Crippen molar-refractivity contribution < 1.29 is 42.9 Å². The van der Waals surface area contributed by atoms with Gasteiger partial charge in [-0.15, -0.1) is 0 Å². The Morgan fingerprint density at radius 1 is 0.980 bits per heavy atom. The third-order valence-electron chi connectivity index (χ3n) is 8.14. The first-order valence-electron chi connectivity index (χ1n) is 16.6. The third-order valence-corrected chi connectivity index (χ3v) is 8.14. The van der Waals surface area contributed by atoms with E-state index in [-0.39, 0.29) is 38.2 Å². The number of aromatic nitrogens is 3. The molecule has 0 bridgehead atoms. The number of hydrogen-bond donors (Lipinski definition) is 2. The van der Waals surface area contributed by atoms with Crippen LogP contribution in [0.15, 0.2) is 67.4 Å². The molecule has 0 aliphatic carbocycles. The van der Waals surface area contributed by atoms with Crippen LogP contribution < -0.4 is 10.6 Å². The molecule has 0 radical (unpaired) electrons. The highest BCUT2D eigenvalue weighted by Gasteiger charge is 2.40. The van der Waals surface area contributed by atoms with Crippen LogP contribution in [-0.4, -0.2) is 93.8 Å². The standard InChI is InChI=1S/C35H44N6O9/c1-35(2,3)50-32(43)39-29-10-9-25(19-37-29)20-38-31(42)26-11-15-40(16-12-26)34(45)49-27-13-18-46-28(22-48-33(44)41-17-14-36-23-41)30(27)47-21-24-7-5-4-6-8-24/h4-10,14,17,19,23,26-28,30H,11-13,15-16,18,20-22H2,1-3H3,(H,38,42)(H,37,39,43)/t27-,28+,30+/m1/s1. The van der Waals surface area contributed by atoms with Crippen molar-refractivity contribution in [2.75, 3.05) is 31.6 Å². The van der Waals surface area contributed by atoms with Crippen LogP contribution in [-0.2, 0) is 41.6 Å². The van der Waals surface area contributed by atoms with Gasteiger partial charge in [-0.05, 0) is 50.8 Å². The van der Waals surface area contributed by atoms with Gasteiger partial charge in [-0.2, -0.15) is 0 Å². The van der Waals surface area contributed by atoms with Gasteiger partial charge in [0.05, 0.1) is 13.2 Å². The number of ether oxygens (including phenoxy) is 5. The molecule has 0 saturated carbocycles. The summed E-state index contributed by atoms with van der Waals surface area (Å²) in [5, 5.41) is 5.52. The van der Waals surface area contributed by atoms with Crippen LogP contribution >= 0.6 is 0 Å². The number of amides is 3. The Labute approximate surface area is 290 Å². The number of nitrogens with zero attached hydrogens (tertiary/aromatic N) is 4. The zero-order valence-corrected chi connectivity index (χ0v) is 28.5. The number of carbonyl (C=O) groups excluding carboxylic acids is 4. The molecular formula is C35H44N6O9. The number of pyridine rings is 1. The van der Waals surface area contributed by atoms with Gasteiger partial charge in [0.15, 0.2) is 0 Å². The highest BCUT2D eigenvalue weighted by Crippen LogP contribution is 2.25. The van der Waals surface area contributed by atoms with Crippen LogP contribution in [0.25, 0.3) is 0 Å². The Bertz CT molecular complexity index is 1560. The number of likely N-dealkylation sites (tertiary alicyclic amines) is 1. The van der Waals surface area contributed by atoms with E-state index in [2.05, 4.69) is 20.6 Å². The molecule has 3 amide bonds. The molecule has 4 heterocycles. The summed E-state index contributed by atoms with van der Waals surface area (Å²) < 4.78 is 30.1. The zero-order chi connectivity index (χ0) is 35.5. The monoisotopic (exact) mass is 692 g/mol. The first kappa shape index (κ1) is 36.3. The molecule has 2 aliphatic rings. The van der Waals surface area contributed by atoms with Gasteiger partial charge in [-0.1, -0.05) is 36.4 Å². The maximum atomic E-state index is 13.3. The van der Waals surface area contributed by atoms with Crippen molar-refractivity contribution in [3.8, 4) is 0 Å². The van der Waals surface area contributed by atoms with Crippen molar-refractivity contribution in [3.05, 3.63) is 78.5 Å². The van der Waals surface area contributed by atoms with Gasteiger partial charge in [0, 0.05) is 50.6 Å². The number of benzene rings is 1. The van der Waals surface area contributed by atoms with E-state index in [1.807, 2.05) is 30.3 Å². The molecule has 2 N–H and O–H groups in total. The Morgan fingerprint density at radius 3 is 2.44 bits per heavy atom. The molecule has 3 aromatic rings. The maximum absolute atomic E-state index is 13.3. The van der Waals surface area contributed by atoms with Gasteiger partial charge >= 0.3 is 18.3 Å². The molecule has 2 saturated heterocycles. The topological polar surface area (TPSA) is 172 Å². The van der Waals surface area contributed by atoms with E-state index < -0.39 is 42.2 Å². The lowest BCUT2D eigenvalue weighted by Gasteiger charge is -2.38. The average Bonchev–Trinajstić information content (AvgIpc) is 3.65. The molecule has 1 aromatic carbocycles. The second kappa shape index (κ2) is 17.1. The van der Waals surface area contributed by atoms with Gasteiger partial charge in [0.1, 0.15) is 42.7 Å². The fourth-order valence-corrected chi connectivity index (χ4v) is 5.55. The van der Waals surface area contributed by atoms with E-state index in [0.717, 1.165) is 11.1 Å². The molecule has 268 valence electrons. The van der Waals surface area contributed by atoms with E-state index in [4.69, 9.17) is 23.7 Å². The molecule has 2 aliphatic heterocycles. The average molecular weight is 693 g/mol. The van der Waals surface area contributed by atoms with E-state index in [9.17, 15) is 19.2 Å². The van der Waals surface area contributed by atoms with E-state index in [1.165, 1.54) is 23.3 Å². The van der Waals surface area contributed by atoms with Crippen LogP contribution in [0.3, 0.4) is 0 Å². The molecule has 50 heavy (non-hydrogen) atoms. The van der Waals surface area contributed by atoms with E-state index in [0.29, 0.717) is 38.2 Å². The van der Waals surface area contributed by atoms with Crippen LogP contribution in [0.5, 0.6) is 0 Å². The largest absolute Gasteiger partial charge is 0.446 e. The number of piperidine rings is 1. The SMILES string of the molecule is CC(C)(C)OC(=O)Nc1ccc(CNC(=O)C2CCN(C(=O)O[C@@H]3CCO[C@@H](COC(=O)n4ccnc4)[C@H]3OCc3ccccc3)CC2)cn1. The predicted octanol–water partition coefficient (Wildman–Crippen LogP) is 4.52. The molecule has 0 spiro atoms. The maximum Gasteiger partial charge on any atom is 0.419 e. The van der Waals surface area contributed by atoms with Crippen molar-refractivity contribution in [1.82, 2.24) is 24.8 Å². The summed E-state index contributed by atoms with van der Waals surface area (Å²) in [7, 11) is 0. The first-order valence-corrected chi connectivity index (χ1v) is 16.6. The Kier molecular flexibility index (Phi) is 12.4. The van der Waals surface area contributed by atoms with Crippen molar-refractivity contribution >= 4 is 30.0 Å². The minimum absolute atomic E-state index is 0.103.